The third-order valence-electron chi connectivity index (χ3n) is 6.03. The SMILES string of the molecule is COc1ccc(S(=O)(=O)N2CCCCC2)cc1NCC(=O)N1c2ccccc2C[C@H]1C. The molecule has 0 aliphatic carbocycles. The van der Waals surface area contributed by atoms with Crippen LogP contribution in [0.4, 0.5) is 11.4 Å². The van der Waals surface area contributed by atoms with Crippen molar-refractivity contribution in [3.63, 3.8) is 0 Å². The van der Waals surface area contributed by atoms with Crippen LogP contribution in [0.5, 0.6) is 5.75 Å². The predicted octanol–water partition coefficient (Wildman–Crippen LogP) is 3.26. The van der Waals surface area contributed by atoms with Crippen molar-refractivity contribution in [2.75, 3.05) is 37.0 Å². The fourth-order valence-corrected chi connectivity index (χ4v) is 5.99. The average Bonchev–Trinajstić information content (AvgIpc) is 3.13. The molecule has 1 N–H and O–H groups in total. The topological polar surface area (TPSA) is 79.0 Å². The van der Waals surface area contributed by atoms with Crippen LogP contribution in [0, 0.1) is 0 Å². The van der Waals surface area contributed by atoms with Crippen LogP contribution in [0.1, 0.15) is 31.7 Å². The summed E-state index contributed by atoms with van der Waals surface area (Å²) in [4.78, 5) is 15.0. The zero-order valence-corrected chi connectivity index (χ0v) is 18.8. The molecule has 0 spiro atoms. The number of methoxy groups -OCH3 is 1. The number of piperidine rings is 1. The zero-order chi connectivity index (χ0) is 22.0. The Morgan fingerprint density at radius 3 is 2.61 bits per heavy atom. The van der Waals surface area contributed by atoms with Gasteiger partial charge in [-0.2, -0.15) is 4.31 Å². The molecular weight excluding hydrogens is 414 g/mol. The summed E-state index contributed by atoms with van der Waals surface area (Å²) in [6.45, 7) is 3.16. The van der Waals surface area contributed by atoms with Crippen LogP contribution in [0.3, 0.4) is 0 Å². The summed E-state index contributed by atoms with van der Waals surface area (Å²) in [5.41, 5.74) is 2.60. The summed E-state index contributed by atoms with van der Waals surface area (Å²) in [5, 5.41) is 3.11. The third-order valence-corrected chi connectivity index (χ3v) is 7.92. The number of ether oxygens (including phenoxy) is 1. The largest absolute Gasteiger partial charge is 0.495 e. The molecule has 1 atom stereocenters. The Morgan fingerprint density at radius 1 is 1.13 bits per heavy atom. The van der Waals surface area contributed by atoms with Gasteiger partial charge in [0.1, 0.15) is 5.75 Å². The maximum Gasteiger partial charge on any atom is 0.246 e. The van der Waals surface area contributed by atoms with Gasteiger partial charge in [-0.3, -0.25) is 4.79 Å². The number of sulfonamides is 1. The Balaban J connectivity index is 1.53. The normalized spacial score (nSPS) is 19.2. The lowest BCUT2D eigenvalue weighted by atomic mass is 10.1. The van der Waals surface area contributed by atoms with Gasteiger partial charge < -0.3 is 15.0 Å². The minimum Gasteiger partial charge on any atom is -0.495 e. The van der Waals surface area contributed by atoms with Gasteiger partial charge >= 0.3 is 0 Å². The predicted molar refractivity (Wildman–Crippen MR) is 121 cm³/mol. The van der Waals surface area contributed by atoms with E-state index >= 15 is 0 Å². The quantitative estimate of drug-likeness (QED) is 0.741. The van der Waals surface area contributed by atoms with Gasteiger partial charge in [0, 0.05) is 24.8 Å². The molecule has 0 aromatic heterocycles. The van der Waals surface area contributed by atoms with Crippen LogP contribution in [0.25, 0.3) is 0 Å². The molecule has 166 valence electrons. The van der Waals surface area contributed by atoms with Crippen LogP contribution in [0.2, 0.25) is 0 Å². The first-order chi connectivity index (χ1) is 14.9. The lowest BCUT2D eigenvalue weighted by Crippen LogP contribution is -2.39. The van der Waals surface area contributed by atoms with Crippen molar-refractivity contribution in [1.82, 2.24) is 4.31 Å². The Kier molecular flexibility index (Phi) is 6.20. The number of amides is 1. The van der Waals surface area contributed by atoms with E-state index < -0.39 is 10.0 Å². The smallest absolute Gasteiger partial charge is 0.246 e. The number of anilines is 2. The molecule has 31 heavy (non-hydrogen) atoms. The second-order valence-corrected chi connectivity index (χ2v) is 10.1. The summed E-state index contributed by atoms with van der Waals surface area (Å²) in [6.07, 6.45) is 3.64. The van der Waals surface area contributed by atoms with E-state index in [1.165, 1.54) is 11.4 Å². The summed E-state index contributed by atoms with van der Waals surface area (Å²) in [7, 11) is -2.04. The van der Waals surface area contributed by atoms with Crippen LogP contribution < -0.4 is 15.0 Å². The Bertz CT molecular complexity index is 1060. The highest BCUT2D eigenvalue weighted by Gasteiger charge is 2.31. The van der Waals surface area contributed by atoms with E-state index in [0.29, 0.717) is 24.5 Å². The lowest BCUT2D eigenvalue weighted by molar-refractivity contribution is -0.117. The summed E-state index contributed by atoms with van der Waals surface area (Å²) >= 11 is 0. The van der Waals surface area contributed by atoms with E-state index in [9.17, 15) is 13.2 Å². The molecule has 0 unspecified atom stereocenters. The second-order valence-electron chi connectivity index (χ2n) is 8.13. The van der Waals surface area contributed by atoms with Gasteiger partial charge in [-0.15, -0.1) is 0 Å². The molecule has 1 saturated heterocycles. The van der Waals surface area contributed by atoms with Gasteiger partial charge in [-0.25, -0.2) is 8.42 Å². The monoisotopic (exact) mass is 443 g/mol. The molecule has 1 fully saturated rings. The van der Waals surface area contributed by atoms with E-state index in [0.717, 1.165) is 36.9 Å². The first-order valence-corrected chi connectivity index (χ1v) is 12.2. The summed E-state index contributed by atoms with van der Waals surface area (Å²) < 4.78 is 33.0. The van der Waals surface area contributed by atoms with Gasteiger partial charge in [0.25, 0.3) is 0 Å². The molecular formula is C23H29N3O4S. The Morgan fingerprint density at radius 2 is 1.87 bits per heavy atom. The average molecular weight is 444 g/mol. The molecule has 4 rings (SSSR count). The first-order valence-electron chi connectivity index (χ1n) is 10.7. The fraction of sp³-hybridized carbons (Fsp3) is 0.435. The van der Waals surface area contributed by atoms with Crippen LogP contribution in [-0.2, 0) is 21.2 Å². The van der Waals surface area contributed by atoms with E-state index in [1.807, 2.05) is 36.1 Å². The van der Waals surface area contributed by atoms with Crippen molar-refractivity contribution in [3.05, 3.63) is 48.0 Å². The van der Waals surface area contributed by atoms with E-state index in [-0.39, 0.29) is 23.4 Å². The van der Waals surface area contributed by atoms with Crippen molar-refractivity contribution < 1.29 is 17.9 Å². The molecule has 1 amide bonds. The van der Waals surface area contributed by atoms with Crippen molar-refractivity contribution >= 4 is 27.3 Å². The number of carbonyl (C=O) groups is 1. The second kappa shape index (κ2) is 8.88. The summed E-state index contributed by atoms with van der Waals surface area (Å²) in [5.74, 6) is 0.434. The van der Waals surface area contributed by atoms with E-state index in [4.69, 9.17) is 4.74 Å². The number of carbonyl (C=O) groups excluding carboxylic acids is 1. The standard InChI is InChI=1S/C23H29N3O4S/c1-17-14-18-8-4-5-9-21(18)26(17)23(27)16-24-20-15-19(10-11-22(20)30-2)31(28,29)25-12-6-3-7-13-25/h4-5,8-11,15,17,24H,3,6-7,12-14,16H2,1-2H3/t17-/m1/s1. The third kappa shape index (κ3) is 4.27. The van der Waals surface area contributed by atoms with Crippen molar-refractivity contribution in [3.8, 4) is 5.75 Å². The van der Waals surface area contributed by atoms with Gasteiger partial charge in [-0.05, 0) is 56.0 Å². The van der Waals surface area contributed by atoms with Crippen molar-refractivity contribution in [2.24, 2.45) is 0 Å². The molecule has 2 aliphatic rings. The van der Waals surface area contributed by atoms with Gasteiger partial charge in [0.15, 0.2) is 0 Å². The van der Waals surface area contributed by atoms with E-state index in [1.54, 1.807) is 18.2 Å². The minimum absolute atomic E-state index is 0.0439. The number of hydrogen-bond donors (Lipinski definition) is 1. The molecule has 2 aromatic carbocycles. The number of hydrogen-bond acceptors (Lipinski definition) is 5. The minimum atomic E-state index is -3.57. The fourth-order valence-electron chi connectivity index (χ4n) is 4.44. The van der Waals surface area contributed by atoms with Gasteiger partial charge in [0.05, 0.1) is 24.2 Å². The molecule has 2 heterocycles. The molecule has 7 nitrogen and oxygen atoms in total. The number of benzene rings is 2. The Hall–Kier alpha value is -2.58. The maximum atomic E-state index is 13.0. The molecule has 0 radical (unpaired) electrons. The maximum absolute atomic E-state index is 13.0. The first kappa shape index (κ1) is 21.6. The van der Waals surface area contributed by atoms with Gasteiger partial charge in [-0.1, -0.05) is 24.6 Å². The van der Waals surface area contributed by atoms with Crippen LogP contribution in [-0.4, -0.2) is 51.4 Å². The van der Waals surface area contributed by atoms with Gasteiger partial charge in [0.2, 0.25) is 15.9 Å². The molecule has 2 aliphatic heterocycles. The molecule has 0 saturated carbocycles. The van der Waals surface area contributed by atoms with Crippen LogP contribution in [0.15, 0.2) is 47.4 Å². The highest BCUT2D eigenvalue weighted by molar-refractivity contribution is 7.89. The molecule has 2 aromatic rings. The molecule has 8 heteroatoms. The number of nitrogens with one attached hydrogen (secondary N) is 1. The highest BCUT2D eigenvalue weighted by Crippen LogP contribution is 2.33. The molecule has 0 bridgehead atoms. The lowest BCUT2D eigenvalue weighted by Gasteiger charge is -2.26. The zero-order valence-electron chi connectivity index (χ0n) is 18.0. The number of para-hydroxylation sites is 1. The number of nitrogens with zero attached hydrogens (tertiary/aromatic N) is 2. The number of fused-ring (bicyclic) bond motifs is 1. The van der Waals surface area contributed by atoms with Crippen molar-refractivity contribution in [2.45, 2.75) is 43.5 Å². The Labute approximate surface area is 184 Å². The number of rotatable bonds is 6. The van der Waals surface area contributed by atoms with E-state index in [2.05, 4.69) is 5.32 Å². The summed E-state index contributed by atoms with van der Waals surface area (Å²) in [6, 6.07) is 12.8. The van der Waals surface area contributed by atoms with Crippen LogP contribution >= 0.6 is 0 Å². The highest BCUT2D eigenvalue weighted by atomic mass is 32.2. The van der Waals surface area contributed by atoms with Crippen molar-refractivity contribution in [1.29, 1.82) is 0 Å².